The molecule has 2 heterocycles. The third-order valence-electron chi connectivity index (χ3n) is 4.56. The highest BCUT2D eigenvalue weighted by atomic mass is 16.6. The first-order chi connectivity index (χ1) is 13.1. The van der Waals surface area contributed by atoms with E-state index < -0.39 is 0 Å². The predicted molar refractivity (Wildman–Crippen MR) is 102 cm³/mol. The third kappa shape index (κ3) is 3.75. The minimum atomic E-state index is -0.370. The third-order valence-corrected chi connectivity index (χ3v) is 4.56. The molecule has 0 amide bonds. The van der Waals surface area contributed by atoms with Gasteiger partial charge in [0.05, 0.1) is 7.11 Å². The van der Waals surface area contributed by atoms with Crippen LogP contribution in [0.5, 0.6) is 17.2 Å². The monoisotopic (exact) mass is 367 g/mol. The Morgan fingerprint density at radius 2 is 1.96 bits per heavy atom. The molecule has 1 atom stereocenters. The molecule has 1 aliphatic heterocycles. The van der Waals surface area contributed by atoms with Crippen molar-refractivity contribution in [3.63, 3.8) is 0 Å². The van der Waals surface area contributed by atoms with E-state index in [4.69, 9.17) is 18.6 Å². The van der Waals surface area contributed by atoms with E-state index >= 15 is 0 Å². The molecule has 0 unspecified atom stereocenters. The number of ether oxygens (including phenoxy) is 3. The van der Waals surface area contributed by atoms with E-state index in [2.05, 4.69) is 4.90 Å². The molecule has 0 aliphatic carbocycles. The van der Waals surface area contributed by atoms with Crippen molar-refractivity contribution >= 4 is 11.0 Å². The van der Waals surface area contributed by atoms with Crippen LogP contribution in [0.2, 0.25) is 0 Å². The first-order valence-electron chi connectivity index (χ1n) is 8.80. The zero-order valence-electron chi connectivity index (χ0n) is 15.3. The van der Waals surface area contributed by atoms with Crippen molar-refractivity contribution in [3.8, 4) is 17.2 Å². The first kappa shape index (κ1) is 17.4. The maximum Gasteiger partial charge on any atom is 0.336 e. The van der Waals surface area contributed by atoms with E-state index in [0.29, 0.717) is 31.0 Å². The van der Waals surface area contributed by atoms with E-state index in [-0.39, 0.29) is 11.7 Å². The minimum Gasteiger partial charge on any atom is -0.497 e. The lowest BCUT2D eigenvalue weighted by atomic mass is 10.1. The summed E-state index contributed by atoms with van der Waals surface area (Å²) >= 11 is 0. The highest BCUT2D eigenvalue weighted by molar-refractivity contribution is 5.81. The van der Waals surface area contributed by atoms with Crippen LogP contribution < -0.4 is 19.8 Å². The Kier molecular flexibility index (Phi) is 4.73. The molecule has 6 nitrogen and oxygen atoms in total. The quantitative estimate of drug-likeness (QED) is 0.646. The van der Waals surface area contributed by atoms with Crippen molar-refractivity contribution in [1.29, 1.82) is 0 Å². The highest BCUT2D eigenvalue weighted by Gasteiger charge is 2.22. The summed E-state index contributed by atoms with van der Waals surface area (Å²) in [7, 11) is 3.58. The van der Waals surface area contributed by atoms with Gasteiger partial charge in [-0.15, -0.1) is 0 Å². The number of hydrogen-bond donors (Lipinski definition) is 0. The van der Waals surface area contributed by atoms with E-state index in [1.54, 1.807) is 19.2 Å². The zero-order chi connectivity index (χ0) is 18.8. The number of rotatable bonds is 5. The number of methoxy groups -OCH3 is 1. The van der Waals surface area contributed by atoms with Gasteiger partial charge in [-0.1, -0.05) is 12.1 Å². The standard InChI is InChI=1S/C21H21NO5/c1-22(12-16-13-25-18-5-3-4-6-19(18)26-16)11-14-9-21(23)27-20-10-15(24-2)7-8-17(14)20/h3-10,16H,11-13H2,1-2H3/t16-/m0/s1. The van der Waals surface area contributed by atoms with Gasteiger partial charge >= 0.3 is 5.63 Å². The molecule has 4 rings (SSSR count). The van der Waals surface area contributed by atoms with Crippen molar-refractivity contribution in [1.82, 2.24) is 4.90 Å². The molecule has 6 heteroatoms. The van der Waals surface area contributed by atoms with Crippen molar-refractivity contribution in [2.75, 3.05) is 27.3 Å². The second-order valence-electron chi connectivity index (χ2n) is 6.65. The summed E-state index contributed by atoms with van der Waals surface area (Å²) in [6.45, 7) is 1.76. The Morgan fingerprint density at radius 3 is 2.78 bits per heavy atom. The highest BCUT2D eigenvalue weighted by Crippen LogP contribution is 2.31. The summed E-state index contributed by atoms with van der Waals surface area (Å²) in [6.07, 6.45) is -0.0728. The number of fused-ring (bicyclic) bond motifs is 2. The molecule has 1 aromatic heterocycles. The van der Waals surface area contributed by atoms with Crippen LogP contribution in [0.15, 0.2) is 57.7 Å². The van der Waals surface area contributed by atoms with Gasteiger partial charge in [0.1, 0.15) is 24.0 Å². The van der Waals surface area contributed by atoms with Crippen LogP contribution in [0, 0.1) is 0 Å². The maximum absolute atomic E-state index is 11.9. The van der Waals surface area contributed by atoms with Gasteiger partial charge in [-0.3, -0.25) is 4.90 Å². The topological polar surface area (TPSA) is 61.1 Å². The number of para-hydroxylation sites is 2. The number of benzene rings is 2. The van der Waals surface area contributed by atoms with Crippen LogP contribution in [-0.4, -0.2) is 38.3 Å². The fourth-order valence-corrected chi connectivity index (χ4v) is 3.32. The summed E-state index contributed by atoms with van der Waals surface area (Å²) in [6, 6.07) is 14.7. The van der Waals surface area contributed by atoms with E-state index in [9.17, 15) is 4.79 Å². The van der Waals surface area contributed by atoms with Crippen LogP contribution in [0.3, 0.4) is 0 Å². The second kappa shape index (κ2) is 7.32. The van der Waals surface area contributed by atoms with Gasteiger partial charge in [0.25, 0.3) is 0 Å². The Labute approximate surface area is 156 Å². The Hall–Kier alpha value is -2.99. The van der Waals surface area contributed by atoms with E-state index in [1.165, 1.54) is 0 Å². The van der Waals surface area contributed by atoms with Crippen LogP contribution in [0.4, 0.5) is 0 Å². The lowest BCUT2D eigenvalue weighted by Gasteiger charge is -2.29. The average Bonchev–Trinajstić information content (AvgIpc) is 2.67. The molecule has 0 spiro atoms. The molecular weight excluding hydrogens is 346 g/mol. The van der Waals surface area contributed by atoms with Gasteiger partial charge in [-0.2, -0.15) is 0 Å². The summed E-state index contributed by atoms with van der Waals surface area (Å²) in [4.78, 5) is 14.1. The molecule has 0 fully saturated rings. The fraction of sp³-hybridized carbons (Fsp3) is 0.286. The summed E-state index contributed by atoms with van der Waals surface area (Å²) < 4.78 is 22.3. The molecule has 0 radical (unpaired) electrons. The van der Waals surface area contributed by atoms with Crippen LogP contribution >= 0.6 is 0 Å². The van der Waals surface area contributed by atoms with Gasteiger partial charge in [0, 0.05) is 30.6 Å². The maximum atomic E-state index is 11.9. The molecule has 140 valence electrons. The van der Waals surface area contributed by atoms with E-state index in [1.807, 2.05) is 43.4 Å². The van der Waals surface area contributed by atoms with Crippen LogP contribution in [-0.2, 0) is 6.54 Å². The van der Waals surface area contributed by atoms with Gasteiger partial charge < -0.3 is 18.6 Å². The fourth-order valence-electron chi connectivity index (χ4n) is 3.32. The number of nitrogens with zero attached hydrogens (tertiary/aromatic N) is 1. The first-order valence-corrected chi connectivity index (χ1v) is 8.80. The van der Waals surface area contributed by atoms with Gasteiger partial charge in [-0.05, 0) is 36.9 Å². The van der Waals surface area contributed by atoms with Crippen molar-refractivity contribution in [2.45, 2.75) is 12.6 Å². The van der Waals surface area contributed by atoms with Crippen LogP contribution in [0.25, 0.3) is 11.0 Å². The summed E-state index contributed by atoms with van der Waals surface area (Å²) in [5.41, 5.74) is 1.06. The van der Waals surface area contributed by atoms with Gasteiger partial charge in [0.15, 0.2) is 11.5 Å². The van der Waals surface area contributed by atoms with Crippen molar-refractivity contribution in [2.24, 2.45) is 0 Å². The Morgan fingerprint density at radius 1 is 1.15 bits per heavy atom. The Balaban J connectivity index is 1.50. The average molecular weight is 367 g/mol. The summed E-state index contributed by atoms with van der Waals surface area (Å²) in [5, 5.41) is 0.897. The second-order valence-corrected chi connectivity index (χ2v) is 6.65. The minimum absolute atomic E-state index is 0.0728. The van der Waals surface area contributed by atoms with Crippen molar-refractivity contribution < 1.29 is 18.6 Å². The normalized spacial score (nSPS) is 15.9. The zero-order valence-corrected chi connectivity index (χ0v) is 15.3. The molecule has 2 aromatic carbocycles. The summed E-state index contributed by atoms with van der Waals surface area (Å²) in [5.74, 6) is 2.19. The number of hydrogen-bond acceptors (Lipinski definition) is 6. The van der Waals surface area contributed by atoms with E-state index in [0.717, 1.165) is 22.4 Å². The molecular formula is C21H21NO5. The molecule has 0 saturated heterocycles. The Bertz CT molecular complexity index is 1010. The van der Waals surface area contributed by atoms with Gasteiger partial charge in [0.2, 0.25) is 0 Å². The largest absolute Gasteiger partial charge is 0.497 e. The SMILES string of the molecule is COc1ccc2c(CN(C)C[C@H]3COc4ccccc4O3)cc(=O)oc2c1. The van der Waals surface area contributed by atoms with Gasteiger partial charge in [-0.25, -0.2) is 4.79 Å². The molecule has 1 aliphatic rings. The van der Waals surface area contributed by atoms with Crippen molar-refractivity contribution in [3.05, 3.63) is 64.5 Å². The smallest absolute Gasteiger partial charge is 0.336 e. The lowest BCUT2D eigenvalue weighted by molar-refractivity contribution is 0.0639. The number of likely N-dealkylation sites (N-methyl/N-ethyl adjacent to an activating group) is 1. The molecule has 3 aromatic rings. The lowest BCUT2D eigenvalue weighted by Crippen LogP contribution is -2.39. The molecule has 0 saturated carbocycles. The molecule has 0 N–H and O–H groups in total. The molecule has 27 heavy (non-hydrogen) atoms. The molecule has 0 bridgehead atoms. The van der Waals surface area contributed by atoms with Crippen LogP contribution in [0.1, 0.15) is 5.56 Å². The predicted octanol–water partition coefficient (Wildman–Crippen LogP) is 3.07.